The van der Waals surface area contributed by atoms with Crippen molar-refractivity contribution >= 4 is 23.2 Å². The third-order valence-corrected chi connectivity index (χ3v) is 7.96. The molecule has 124 valence electrons. The van der Waals surface area contributed by atoms with Crippen LogP contribution in [0, 0.1) is 29.6 Å². The Labute approximate surface area is 146 Å². The molecule has 0 heterocycles. The van der Waals surface area contributed by atoms with E-state index in [1.54, 1.807) is 0 Å². The van der Waals surface area contributed by atoms with Gasteiger partial charge in [0.2, 0.25) is 0 Å². The molecule has 2 heteroatoms. The topological polar surface area (TPSA) is 0 Å². The van der Waals surface area contributed by atoms with E-state index < -0.39 is 0 Å². The Morgan fingerprint density at radius 1 is 0.682 bits per heavy atom. The van der Waals surface area contributed by atoms with Crippen LogP contribution in [-0.4, -0.2) is 10.8 Å². The van der Waals surface area contributed by atoms with Crippen molar-refractivity contribution in [2.24, 2.45) is 29.6 Å². The summed E-state index contributed by atoms with van der Waals surface area (Å²) in [6.07, 6.45) is 17.6. The van der Waals surface area contributed by atoms with Gasteiger partial charge in [-0.2, -0.15) is 0 Å². The van der Waals surface area contributed by atoms with Gasteiger partial charge in [-0.15, -0.1) is 23.2 Å². The summed E-state index contributed by atoms with van der Waals surface area (Å²) in [5.41, 5.74) is 1.82. The van der Waals surface area contributed by atoms with Crippen LogP contribution in [0.15, 0.2) is 11.6 Å². The van der Waals surface area contributed by atoms with E-state index in [2.05, 4.69) is 6.08 Å². The Kier molecular flexibility index (Phi) is 4.80. The van der Waals surface area contributed by atoms with Crippen LogP contribution >= 0.6 is 23.2 Å². The molecule has 4 rings (SSSR count). The zero-order valence-electron chi connectivity index (χ0n) is 13.7. The van der Waals surface area contributed by atoms with E-state index in [0.29, 0.717) is 10.8 Å². The van der Waals surface area contributed by atoms with Crippen molar-refractivity contribution in [2.45, 2.75) is 81.4 Å². The molecule has 0 spiro atoms. The summed E-state index contributed by atoms with van der Waals surface area (Å²) in [6, 6.07) is 0. The van der Waals surface area contributed by atoms with Gasteiger partial charge in [0.05, 0.1) is 0 Å². The Morgan fingerprint density at radius 3 is 1.77 bits per heavy atom. The predicted molar refractivity (Wildman–Crippen MR) is 95.6 cm³/mol. The van der Waals surface area contributed by atoms with Gasteiger partial charge in [-0.1, -0.05) is 30.9 Å². The maximum atomic E-state index is 6.56. The van der Waals surface area contributed by atoms with Gasteiger partial charge in [-0.25, -0.2) is 0 Å². The van der Waals surface area contributed by atoms with Crippen LogP contribution in [-0.2, 0) is 0 Å². The van der Waals surface area contributed by atoms with Crippen molar-refractivity contribution in [1.82, 2.24) is 0 Å². The van der Waals surface area contributed by atoms with E-state index in [9.17, 15) is 0 Å². The standard InChI is InChI=1S/C20H30Cl2/c21-14-6-8-16-17-9-7-15(22)12-20(17)18(19(16)11-14)10-13-4-2-1-3-5-13/h10,13-17,19-20H,1-9,11-12H2. The van der Waals surface area contributed by atoms with Gasteiger partial charge < -0.3 is 0 Å². The van der Waals surface area contributed by atoms with Crippen LogP contribution < -0.4 is 0 Å². The van der Waals surface area contributed by atoms with E-state index in [1.165, 1.54) is 70.6 Å². The fraction of sp³-hybridized carbons (Fsp3) is 0.900. The van der Waals surface area contributed by atoms with E-state index >= 15 is 0 Å². The zero-order chi connectivity index (χ0) is 15.1. The van der Waals surface area contributed by atoms with E-state index in [-0.39, 0.29) is 0 Å². The molecule has 0 radical (unpaired) electrons. The lowest BCUT2D eigenvalue weighted by atomic mass is 9.73. The molecule has 4 aliphatic rings. The number of hydrogen-bond acceptors (Lipinski definition) is 0. The number of rotatable bonds is 1. The fourth-order valence-corrected chi connectivity index (χ4v) is 6.81. The van der Waals surface area contributed by atoms with Gasteiger partial charge in [-0.05, 0) is 81.0 Å². The minimum atomic E-state index is 0.419. The quantitative estimate of drug-likeness (QED) is 0.374. The molecule has 0 bridgehead atoms. The molecule has 22 heavy (non-hydrogen) atoms. The van der Waals surface area contributed by atoms with Crippen LogP contribution in [0.4, 0.5) is 0 Å². The molecule has 6 atom stereocenters. The molecule has 0 saturated heterocycles. The van der Waals surface area contributed by atoms with Crippen molar-refractivity contribution in [3.8, 4) is 0 Å². The third-order valence-electron chi connectivity index (χ3n) is 7.16. The van der Waals surface area contributed by atoms with Crippen LogP contribution in [0.25, 0.3) is 0 Å². The average Bonchev–Trinajstić information content (AvgIpc) is 2.81. The summed E-state index contributed by atoms with van der Waals surface area (Å²) in [7, 11) is 0. The van der Waals surface area contributed by atoms with E-state index in [1.807, 2.05) is 5.57 Å². The molecular weight excluding hydrogens is 311 g/mol. The molecule has 0 N–H and O–H groups in total. The molecular formula is C20H30Cl2. The zero-order valence-corrected chi connectivity index (χ0v) is 15.2. The molecule has 4 saturated carbocycles. The summed E-state index contributed by atoms with van der Waals surface area (Å²) >= 11 is 13.1. The second kappa shape index (κ2) is 6.67. The Hall–Kier alpha value is 0.320. The minimum absolute atomic E-state index is 0.419. The van der Waals surface area contributed by atoms with Crippen molar-refractivity contribution in [1.29, 1.82) is 0 Å². The largest absolute Gasteiger partial charge is 0.123 e. The second-order valence-electron chi connectivity index (χ2n) is 8.43. The highest BCUT2D eigenvalue weighted by Crippen LogP contribution is 2.58. The maximum Gasteiger partial charge on any atom is 0.0342 e. The van der Waals surface area contributed by atoms with Crippen molar-refractivity contribution in [3.63, 3.8) is 0 Å². The number of fused-ring (bicyclic) bond motifs is 3. The van der Waals surface area contributed by atoms with Gasteiger partial charge in [0, 0.05) is 10.8 Å². The lowest BCUT2D eigenvalue weighted by molar-refractivity contribution is 0.187. The first-order valence-electron chi connectivity index (χ1n) is 9.72. The SMILES string of the molecule is ClC1CCC2C(C1)C(=CC1CCCCC1)C1CC(Cl)CCC12. The van der Waals surface area contributed by atoms with Crippen LogP contribution in [0.2, 0.25) is 0 Å². The molecule has 0 amide bonds. The Morgan fingerprint density at radius 2 is 1.23 bits per heavy atom. The lowest BCUT2D eigenvalue weighted by Crippen LogP contribution is -2.28. The maximum absolute atomic E-state index is 6.56. The van der Waals surface area contributed by atoms with Crippen molar-refractivity contribution in [2.75, 3.05) is 0 Å². The number of hydrogen-bond donors (Lipinski definition) is 0. The van der Waals surface area contributed by atoms with Gasteiger partial charge >= 0.3 is 0 Å². The van der Waals surface area contributed by atoms with Crippen molar-refractivity contribution < 1.29 is 0 Å². The van der Waals surface area contributed by atoms with Crippen LogP contribution in [0.5, 0.6) is 0 Å². The monoisotopic (exact) mass is 340 g/mol. The summed E-state index contributed by atoms with van der Waals surface area (Å²) in [5, 5.41) is 0.839. The molecule has 0 aromatic heterocycles. The summed E-state index contributed by atoms with van der Waals surface area (Å²) in [5.74, 6) is 4.32. The Balaban J connectivity index is 1.61. The first-order chi connectivity index (χ1) is 10.7. The minimum Gasteiger partial charge on any atom is -0.123 e. The Bertz CT molecular complexity index is 395. The molecule has 6 unspecified atom stereocenters. The fourth-order valence-electron chi connectivity index (χ4n) is 6.17. The second-order valence-corrected chi connectivity index (χ2v) is 9.66. The number of alkyl halides is 2. The molecule has 0 aromatic rings. The first-order valence-corrected chi connectivity index (χ1v) is 10.6. The highest BCUT2D eigenvalue weighted by Gasteiger charge is 2.50. The van der Waals surface area contributed by atoms with Crippen LogP contribution in [0.3, 0.4) is 0 Å². The number of halogens is 2. The summed E-state index contributed by atoms with van der Waals surface area (Å²) in [6.45, 7) is 0. The molecule has 0 nitrogen and oxygen atoms in total. The van der Waals surface area contributed by atoms with E-state index in [0.717, 1.165) is 29.6 Å². The van der Waals surface area contributed by atoms with Gasteiger partial charge in [0.15, 0.2) is 0 Å². The van der Waals surface area contributed by atoms with Crippen LogP contribution in [0.1, 0.15) is 70.6 Å². The molecule has 4 fully saturated rings. The highest BCUT2D eigenvalue weighted by molar-refractivity contribution is 6.21. The highest BCUT2D eigenvalue weighted by atomic mass is 35.5. The van der Waals surface area contributed by atoms with Gasteiger partial charge in [0.25, 0.3) is 0 Å². The van der Waals surface area contributed by atoms with Gasteiger partial charge in [-0.3, -0.25) is 0 Å². The molecule has 0 aliphatic heterocycles. The van der Waals surface area contributed by atoms with Crippen molar-refractivity contribution in [3.05, 3.63) is 11.6 Å². The number of allylic oxidation sites excluding steroid dienone is 2. The first kappa shape index (κ1) is 15.8. The van der Waals surface area contributed by atoms with E-state index in [4.69, 9.17) is 23.2 Å². The summed E-state index contributed by atoms with van der Waals surface area (Å²) in [4.78, 5) is 0. The normalized spacial score (nSPS) is 46.2. The molecule has 4 aliphatic carbocycles. The molecule has 0 aromatic carbocycles. The average molecular weight is 341 g/mol. The lowest BCUT2D eigenvalue weighted by Gasteiger charge is -2.34. The summed E-state index contributed by atoms with van der Waals surface area (Å²) < 4.78 is 0. The third kappa shape index (κ3) is 3.00. The smallest absolute Gasteiger partial charge is 0.0342 e. The predicted octanol–water partition coefficient (Wildman–Crippen LogP) is 6.55. The van der Waals surface area contributed by atoms with Gasteiger partial charge in [0.1, 0.15) is 0 Å².